The standard InChI is InChI=1S/C17H18F4N4O/c1-16(2,3)9-23-15(26)25-13-5-4-12(24-14(13)17(19,20)21)10-6-11(18)8-22-7-10/h4-8H,9H2,1-3H3,(H2,23,25,26). The van der Waals surface area contributed by atoms with E-state index in [9.17, 15) is 22.4 Å². The van der Waals surface area contributed by atoms with Gasteiger partial charge in [-0.3, -0.25) is 4.98 Å². The quantitative estimate of drug-likeness (QED) is 0.784. The lowest BCUT2D eigenvalue weighted by Crippen LogP contribution is -2.36. The molecule has 0 bridgehead atoms. The van der Waals surface area contributed by atoms with E-state index in [1.807, 2.05) is 20.8 Å². The Kier molecular flexibility index (Phi) is 5.48. The van der Waals surface area contributed by atoms with Crippen LogP contribution in [0.25, 0.3) is 11.3 Å². The van der Waals surface area contributed by atoms with Crippen molar-refractivity contribution in [1.82, 2.24) is 15.3 Å². The van der Waals surface area contributed by atoms with Crippen LogP contribution in [0.2, 0.25) is 0 Å². The summed E-state index contributed by atoms with van der Waals surface area (Å²) in [6.45, 7) is 5.90. The van der Waals surface area contributed by atoms with Crippen molar-refractivity contribution in [3.63, 3.8) is 0 Å². The molecule has 2 aromatic rings. The summed E-state index contributed by atoms with van der Waals surface area (Å²) in [7, 11) is 0. The number of urea groups is 1. The molecule has 2 heterocycles. The maximum atomic E-state index is 13.3. The van der Waals surface area contributed by atoms with Gasteiger partial charge in [-0.25, -0.2) is 14.2 Å². The van der Waals surface area contributed by atoms with Gasteiger partial charge < -0.3 is 10.6 Å². The van der Waals surface area contributed by atoms with Gasteiger partial charge in [0.2, 0.25) is 0 Å². The molecule has 2 N–H and O–H groups in total. The highest BCUT2D eigenvalue weighted by Gasteiger charge is 2.36. The number of nitrogens with zero attached hydrogens (tertiary/aromatic N) is 2. The van der Waals surface area contributed by atoms with E-state index in [2.05, 4.69) is 20.6 Å². The highest BCUT2D eigenvalue weighted by Crippen LogP contribution is 2.35. The van der Waals surface area contributed by atoms with Crippen molar-refractivity contribution in [2.75, 3.05) is 11.9 Å². The minimum Gasteiger partial charge on any atom is -0.337 e. The number of halogens is 4. The van der Waals surface area contributed by atoms with Gasteiger partial charge in [-0.15, -0.1) is 0 Å². The fourth-order valence-corrected chi connectivity index (χ4v) is 2.00. The van der Waals surface area contributed by atoms with Crippen molar-refractivity contribution in [2.45, 2.75) is 26.9 Å². The van der Waals surface area contributed by atoms with Gasteiger partial charge in [0.1, 0.15) is 5.82 Å². The molecule has 0 saturated heterocycles. The molecule has 0 fully saturated rings. The number of hydrogen-bond acceptors (Lipinski definition) is 3. The Morgan fingerprint density at radius 2 is 1.85 bits per heavy atom. The van der Waals surface area contributed by atoms with Crippen LogP contribution in [0.5, 0.6) is 0 Å². The predicted octanol–water partition coefficient (Wildman–Crippen LogP) is 4.47. The van der Waals surface area contributed by atoms with Gasteiger partial charge in [0.25, 0.3) is 0 Å². The predicted molar refractivity (Wildman–Crippen MR) is 88.9 cm³/mol. The average molecular weight is 370 g/mol. The first-order chi connectivity index (χ1) is 12.0. The van der Waals surface area contributed by atoms with E-state index >= 15 is 0 Å². The molecule has 2 rings (SSSR count). The second-order valence-corrected chi connectivity index (χ2v) is 6.85. The molecule has 0 aliphatic heterocycles. The van der Waals surface area contributed by atoms with Crippen LogP contribution in [0.3, 0.4) is 0 Å². The zero-order valence-corrected chi connectivity index (χ0v) is 14.4. The van der Waals surface area contributed by atoms with Crippen LogP contribution in [0.15, 0.2) is 30.6 Å². The Morgan fingerprint density at radius 1 is 1.15 bits per heavy atom. The van der Waals surface area contributed by atoms with Gasteiger partial charge in [0.15, 0.2) is 5.69 Å². The Bertz CT molecular complexity index is 800. The van der Waals surface area contributed by atoms with Crippen LogP contribution in [-0.2, 0) is 6.18 Å². The zero-order chi connectivity index (χ0) is 19.5. The number of nitrogens with one attached hydrogen (secondary N) is 2. The normalized spacial score (nSPS) is 12.0. The highest BCUT2D eigenvalue weighted by molar-refractivity contribution is 5.90. The molecule has 5 nitrogen and oxygen atoms in total. The van der Waals surface area contributed by atoms with Crippen molar-refractivity contribution in [3.8, 4) is 11.3 Å². The topological polar surface area (TPSA) is 66.9 Å². The third-order valence-electron chi connectivity index (χ3n) is 3.19. The molecule has 9 heteroatoms. The third-order valence-corrected chi connectivity index (χ3v) is 3.19. The Balaban J connectivity index is 2.31. The molecule has 0 atom stereocenters. The molecule has 26 heavy (non-hydrogen) atoms. The van der Waals surface area contributed by atoms with Gasteiger partial charge in [0, 0.05) is 18.3 Å². The zero-order valence-electron chi connectivity index (χ0n) is 14.4. The SMILES string of the molecule is CC(C)(C)CNC(=O)Nc1ccc(-c2cncc(F)c2)nc1C(F)(F)F. The van der Waals surface area contributed by atoms with E-state index in [1.54, 1.807) is 0 Å². The molecule has 140 valence electrons. The van der Waals surface area contributed by atoms with Gasteiger partial charge in [-0.1, -0.05) is 20.8 Å². The summed E-state index contributed by atoms with van der Waals surface area (Å²) >= 11 is 0. The Morgan fingerprint density at radius 3 is 2.42 bits per heavy atom. The lowest BCUT2D eigenvalue weighted by atomic mass is 9.97. The van der Waals surface area contributed by atoms with E-state index in [-0.39, 0.29) is 23.2 Å². The van der Waals surface area contributed by atoms with E-state index in [0.29, 0.717) is 0 Å². The first-order valence-electron chi connectivity index (χ1n) is 7.70. The molecule has 0 aromatic carbocycles. The largest absolute Gasteiger partial charge is 0.435 e. The summed E-state index contributed by atoms with van der Waals surface area (Å²) < 4.78 is 53.2. The Hall–Kier alpha value is -2.71. The molecular weight excluding hydrogens is 352 g/mol. The Labute approximate surface area is 147 Å². The van der Waals surface area contributed by atoms with Crippen molar-refractivity contribution in [1.29, 1.82) is 0 Å². The van der Waals surface area contributed by atoms with Crippen molar-refractivity contribution in [2.24, 2.45) is 5.41 Å². The highest BCUT2D eigenvalue weighted by atomic mass is 19.4. The minimum atomic E-state index is -4.80. The molecule has 0 saturated carbocycles. The first kappa shape index (κ1) is 19.6. The fourth-order valence-electron chi connectivity index (χ4n) is 2.00. The molecule has 0 spiro atoms. The molecular formula is C17H18F4N4O. The van der Waals surface area contributed by atoms with Gasteiger partial charge in [-0.2, -0.15) is 13.2 Å². The maximum Gasteiger partial charge on any atom is 0.435 e. The monoisotopic (exact) mass is 370 g/mol. The number of pyridine rings is 2. The second-order valence-electron chi connectivity index (χ2n) is 6.85. The summed E-state index contributed by atoms with van der Waals surface area (Å²) in [4.78, 5) is 19.0. The van der Waals surface area contributed by atoms with Crippen LogP contribution in [0, 0.1) is 11.2 Å². The number of carbonyl (C=O) groups is 1. The van der Waals surface area contributed by atoms with E-state index in [1.165, 1.54) is 12.3 Å². The summed E-state index contributed by atoms with van der Waals surface area (Å²) in [6.07, 6.45) is -2.66. The number of anilines is 1. The number of aromatic nitrogens is 2. The van der Waals surface area contributed by atoms with Crippen LogP contribution in [0.4, 0.5) is 28.0 Å². The molecule has 0 radical (unpaired) electrons. The van der Waals surface area contributed by atoms with E-state index in [0.717, 1.165) is 18.3 Å². The molecule has 0 aliphatic carbocycles. The summed E-state index contributed by atoms with van der Waals surface area (Å²) in [5.74, 6) is -0.693. The van der Waals surface area contributed by atoms with Crippen LogP contribution >= 0.6 is 0 Å². The number of hydrogen-bond donors (Lipinski definition) is 2. The number of rotatable bonds is 3. The molecule has 0 unspecified atom stereocenters. The maximum absolute atomic E-state index is 13.3. The van der Waals surface area contributed by atoms with Gasteiger partial charge in [-0.05, 0) is 23.6 Å². The number of amides is 2. The van der Waals surface area contributed by atoms with Gasteiger partial charge >= 0.3 is 12.2 Å². The number of alkyl halides is 3. The lowest BCUT2D eigenvalue weighted by Gasteiger charge is -2.20. The summed E-state index contributed by atoms with van der Waals surface area (Å²) in [5.41, 5.74) is -2.00. The lowest BCUT2D eigenvalue weighted by molar-refractivity contribution is -0.140. The van der Waals surface area contributed by atoms with Crippen molar-refractivity contribution < 1.29 is 22.4 Å². The average Bonchev–Trinajstić information content (AvgIpc) is 2.51. The van der Waals surface area contributed by atoms with E-state index < -0.39 is 29.4 Å². The van der Waals surface area contributed by atoms with Crippen molar-refractivity contribution in [3.05, 3.63) is 42.1 Å². The molecule has 2 amide bonds. The fraction of sp³-hybridized carbons (Fsp3) is 0.353. The second kappa shape index (κ2) is 7.27. The van der Waals surface area contributed by atoms with Crippen LogP contribution < -0.4 is 10.6 Å². The summed E-state index contributed by atoms with van der Waals surface area (Å²) in [6, 6.07) is 2.59. The van der Waals surface area contributed by atoms with Crippen LogP contribution in [-0.4, -0.2) is 22.5 Å². The first-order valence-corrected chi connectivity index (χ1v) is 7.70. The minimum absolute atomic E-state index is 0.0965. The van der Waals surface area contributed by atoms with Gasteiger partial charge in [0.05, 0.1) is 17.6 Å². The molecule has 0 aliphatic rings. The van der Waals surface area contributed by atoms with Crippen LogP contribution in [0.1, 0.15) is 26.5 Å². The smallest absolute Gasteiger partial charge is 0.337 e. The molecule has 2 aromatic heterocycles. The summed E-state index contributed by atoms with van der Waals surface area (Å²) in [5, 5.41) is 4.66. The third kappa shape index (κ3) is 5.40. The van der Waals surface area contributed by atoms with E-state index in [4.69, 9.17) is 0 Å². The van der Waals surface area contributed by atoms with Crippen molar-refractivity contribution >= 4 is 11.7 Å². The number of carbonyl (C=O) groups excluding carboxylic acids is 1.